The van der Waals surface area contributed by atoms with Crippen LogP contribution in [0.4, 0.5) is 10.1 Å². The third-order valence-electron chi connectivity index (χ3n) is 5.64. The highest BCUT2D eigenvalue weighted by Gasteiger charge is 2.27. The molecular formula is C25H29FN4O3. The second kappa shape index (κ2) is 10.0. The van der Waals surface area contributed by atoms with Gasteiger partial charge in [-0.2, -0.15) is 5.10 Å². The number of aromatic amines is 1. The Hall–Kier alpha value is -3.39. The SMILES string of the molecule is Cc1ccc2c(c1)CC(C(=O)Nc1cc(F)c(-c3cn[nH]c3)cc1OCCCN(C)C)CO2. The number of carbonyl (C=O) groups is 1. The van der Waals surface area contributed by atoms with E-state index in [1.807, 2.05) is 39.2 Å². The highest BCUT2D eigenvalue weighted by Crippen LogP contribution is 2.35. The van der Waals surface area contributed by atoms with Gasteiger partial charge in [-0.25, -0.2) is 4.39 Å². The number of amides is 1. The van der Waals surface area contributed by atoms with E-state index >= 15 is 0 Å². The van der Waals surface area contributed by atoms with Crippen LogP contribution in [0.1, 0.15) is 17.5 Å². The fraction of sp³-hybridized carbons (Fsp3) is 0.360. The van der Waals surface area contributed by atoms with E-state index in [0.29, 0.717) is 35.6 Å². The smallest absolute Gasteiger partial charge is 0.231 e. The first-order valence-corrected chi connectivity index (χ1v) is 11.0. The fourth-order valence-corrected chi connectivity index (χ4v) is 3.88. The zero-order chi connectivity index (χ0) is 23.4. The summed E-state index contributed by atoms with van der Waals surface area (Å²) >= 11 is 0. The van der Waals surface area contributed by atoms with Gasteiger partial charge in [-0.3, -0.25) is 9.89 Å². The van der Waals surface area contributed by atoms with E-state index in [2.05, 4.69) is 20.4 Å². The van der Waals surface area contributed by atoms with Crippen LogP contribution in [0.25, 0.3) is 11.1 Å². The summed E-state index contributed by atoms with van der Waals surface area (Å²) < 4.78 is 26.7. The normalized spacial score (nSPS) is 15.1. The standard InChI is InChI=1S/C25H29FN4O3/c1-16-5-6-23-17(9-16)10-18(15-33-23)25(31)29-22-12-21(26)20(19-13-27-28-14-19)11-24(22)32-8-4-7-30(2)3/h5-6,9,11-14,18H,4,7-8,10,15H2,1-3H3,(H,27,28)(H,29,31). The van der Waals surface area contributed by atoms with Gasteiger partial charge in [0.25, 0.3) is 0 Å². The van der Waals surface area contributed by atoms with Gasteiger partial charge in [0, 0.05) is 29.9 Å². The summed E-state index contributed by atoms with van der Waals surface area (Å²) in [7, 11) is 3.98. The van der Waals surface area contributed by atoms with E-state index in [1.165, 1.54) is 6.07 Å². The van der Waals surface area contributed by atoms with Crippen molar-refractivity contribution in [3.63, 3.8) is 0 Å². The Balaban J connectivity index is 1.53. The highest BCUT2D eigenvalue weighted by molar-refractivity contribution is 5.95. The summed E-state index contributed by atoms with van der Waals surface area (Å²) in [4.78, 5) is 15.1. The van der Waals surface area contributed by atoms with Crippen LogP contribution in [0, 0.1) is 18.7 Å². The van der Waals surface area contributed by atoms with Gasteiger partial charge in [-0.05, 0) is 51.6 Å². The van der Waals surface area contributed by atoms with Crippen molar-refractivity contribution in [3.05, 3.63) is 59.7 Å². The molecule has 1 aromatic heterocycles. The summed E-state index contributed by atoms with van der Waals surface area (Å²) in [5.41, 5.74) is 3.39. The fourth-order valence-electron chi connectivity index (χ4n) is 3.88. The van der Waals surface area contributed by atoms with Crippen LogP contribution in [-0.2, 0) is 11.2 Å². The number of nitrogens with one attached hydrogen (secondary N) is 2. The number of hydrogen-bond donors (Lipinski definition) is 2. The Morgan fingerprint density at radius 1 is 1.33 bits per heavy atom. The number of fused-ring (bicyclic) bond motifs is 1. The lowest BCUT2D eigenvalue weighted by Crippen LogP contribution is -2.32. The number of carbonyl (C=O) groups excluding carboxylic acids is 1. The topological polar surface area (TPSA) is 79.5 Å². The second-order valence-corrected chi connectivity index (χ2v) is 8.63. The van der Waals surface area contributed by atoms with E-state index in [4.69, 9.17) is 9.47 Å². The van der Waals surface area contributed by atoms with Crippen LogP contribution in [0.2, 0.25) is 0 Å². The Labute approximate surface area is 192 Å². The van der Waals surface area contributed by atoms with E-state index in [1.54, 1.807) is 18.5 Å². The first kappa shape index (κ1) is 22.8. The second-order valence-electron chi connectivity index (χ2n) is 8.63. The minimum Gasteiger partial charge on any atom is -0.492 e. The number of ether oxygens (including phenoxy) is 2. The minimum absolute atomic E-state index is 0.226. The molecule has 1 atom stereocenters. The van der Waals surface area contributed by atoms with Crippen molar-refractivity contribution >= 4 is 11.6 Å². The Morgan fingerprint density at radius 3 is 2.94 bits per heavy atom. The zero-order valence-electron chi connectivity index (χ0n) is 19.2. The lowest BCUT2D eigenvalue weighted by molar-refractivity contribution is -0.121. The average molecular weight is 453 g/mol. The lowest BCUT2D eigenvalue weighted by atomic mass is 9.94. The van der Waals surface area contributed by atoms with Gasteiger partial charge in [0.15, 0.2) is 0 Å². The van der Waals surface area contributed by atoms with Gasteiger partial charge >= 0.3 is 0 Å². The Bertz CT molecular complexity index is 1120. The molecule has 0 radical (unpaired) electrons. The Kier molecular flexibility index (Phi) is 6.93. The molecule has 1 unspecified atom stereocenters. The van der Waals surface area contributed by atoms with Crippen molar-refractivity contribution in [1.82, 2.24) is 15.1 Å². The minimum atomic E-state index is -0.465. The molecule has 3 aromatic rings. The van der Waals surface area contributed by atoms with Crippen LogP contribution in [0.5, 0.6) is 11.5 Å². The number of H-pyrrole nitrogens is 1. The maximum absolute atomic E-state index is 14.9. The average Bonchev–Trinajstić information content (AvgIpc) is 3.31. The molecule has 2 N–H and O–H groups in total. The van der Waals surface area contributed by atoms with Crippen LogP contribution >= 0.6 is 0 Å². The molecular weight excluding hydrogens is 423 g/mol. The lowest BCUT2D eigenvalue weighted by Gasteiger charge is -2.25. The van der Waals surface area contributed by atoms with Crippen molar-refractivity contribution in [3.8, 4) is 22.6 Å². The summed E-state index contributed by atoms with van der Waals surface area (Å²) in [5, 5.41) is 9.46. The quantitative estimate of drug-likeness (QED) is 0.504. The highest BCUT2D eigenvalue weighted by atomic mass is 19.1. The van der Waals surface area contributed by atoms with Crippen LogP contribution in [0.15, 0.2) is 42.7 Å². The Morgan fingerprint density at radius 2 is 2.18 bits per heavy atom. The van der Waals surface area contributed by atoms with Crippen molar-refractivity contribution in [1.29, 1.82) is 0 Å². The monoisotopic (exact) mass is 452 g/mol. The molecule has 0 bridgehead atoms. The molecule has 33 heavy (non-hydrogen) atoms. The van der Waals surface area contributed by atoms with E-state index in [0.717, 1.165) is 29.8 Å². The molecule has 0 saturated carbocycles. The molecule has 0 aliphatic carbocycles. The molecule has 2 heterocycles. The zero-order valence-corrected chi connectivity index (χ0v) is 19.2. The summed E-state index contributed by atoms with van der Waals surface area (Å²) in [6.07, 6.45) is 4.53. The summed E-state index contributed by atoms with van der Waals surface area (Å²) in [6, 6.07) is 8.88. The van der Waals surface area contributed by atoms with E-state index in [-0.39, 0.29) is 18.4 Å². The van der Waals surface area contributed by atoms with Gasteiger partial charge in [0.1, 0.15) is 23.9 Å². The molecule has 7 nitrogen and oxygen atoms in total. The van der Waals surface area contributed by atoms with Gasteiger partial charge in [-0.1, -0.05) is 17.7 Å². The van der Waals surface area contributed by atoms with Gasteiger partial charge in [-0.15, -0.1) is 0 Å². The molecule has 1 amide bonds. The first-order chi connectivity index (χ1) is 15.9. The maximum Gasteiger partial charge on any atom is 0.231 e. The van der Waals surface area contributed by atoms with Crippen LogP contribution in [0.3, 0.4) is 0 Å². The molecule has 0 spiro atoms. The number of nitrogens with zero attached hydrogens (tertiary/aromatic N) is 2. The number of halogens is 1. The van der Waals surface area contributed by atoms with Crippen molar-refractivity contribution in [2.75, 3.05) is 39.2 Å². The number of aryl methyl sites for hydroxylation is 1. The van der Waals surface area contributed by atoms with E-state index < -0.39 is 5.82 Å². The molecule has 0 saturated heterocycles. The predicted octanol–water partition coefficient (Wildman–Crippen LogP) is 4.04. The predicted molar refractivity (Wildman–Crippen MR) is 125 cm³/mol. The molecule has 1 aliphatic heterocycles. The molecule has 174 valence electrons. The summed E-state index contributed by atoms with van der Waals surface area (Å²) in [5.74, 6) is 0.166. The molecule has 0 fully saturated rings. The van der Waals surface area contributed by atoms with Crippen LogP contribution < -0.4 is 14.8 Å². The third kappa shape index (κ3) is 5.51. The molecule has 2 aromatic carbocycles. The van der Waals surface area contributed by atoms with Crippen molar-refractivity contribution < 1.29 is 18.7 Å². The number of anilines is 1. The number of aromatic nitrogens is 2. The van der Waals surface area contributed by atoms with Gasteiger partial charge < -0.3 is 19.7 Å². The maximum atomic E-state index is 14.9. The number of rotatable bonds is 8. The molecule has 8 heteroatoms. The number of hydrogen-bond acceptors (Lipinski definition) is 5. The van der Waals surface area contributed by atoms with Crippen LogP contribution in [-0.4, -0.2) is 54.9 Å². The largest absolute Gasteiger partial charge is 0.492 e. The third-order valence-corrected chi connectivity index (χ3v) is 5.64. The first-order valence-electron chi connectivity index (χ1n) is 11.0. The van der Waals surface area contributed by atoms with E-state index in [9.17, 15) is 9.18 Å². The molecule has 1 aliphatic rings. The van der Waals surface area contributed by atoms with Gasteiger partial charge in [0.2, 0.25) is 5.91 Å². The van der Waals surface area contributed by atoms with Gasteiger partial charge in [0.05, 0.1) is 24.4 Å². The van der Waals surface area contributed by atoms with Crippen molar-refractivity contribution in [2.24, 2.45) is 5.92 Å². The molecule has 4 rings (SSSR count). The van der Waals surface area contributed by atoms with Crippen molar-refractivity contribution in [2.45, 2.75) is 19.8 Å². The number of benzene rings is 2. The summed E-state index contributed by atoms with van der Waals surface area (Å²) in [6.45, 7) is 3.58.